The van der Waals surface area contributed by atoms with Gasteiger partial charge in [-0.25, -0.2) is 0 Å². The molecule has 0 atom stereocenters. The van der Waals surface area contributed by atoms with Crippen LogP contribution >= 0.6 is 31.9 Å². The molecule has 0 aliphatic heterocycles. The van der Waals surface area contributed by atoms with Crippen LogP contribution in [0.2, 0.25) is 0 Å². The first kappa shape index (κ1) is 28.7. The molecule has 0 amide bonds. The summed E-state index contributed by atoms with van der Waals surface area (Å²) in [6.45, 7) is -0.131. The van der Waals surface area contributed by atoms with Gasteiger partial charge in [-0.1, -0.05) is 43.8 Å². The molecule has 0 bridgehead atoms. The van der Waals surface area contributed by atoms with Crippen molar-refractivity contribution in [3.05, 3.63) is 98.4 Å². The highest BCUT2D eigenvalue weighted by molar-refractivity contribution is 9.10. The van der Waals surface area contributed by atoms with Crippen LogP contribution < -0.4 is 18.9 Å². The SMILES string of the molecule is C#Cc1cccc(N=Cc2cc(Br)ccc2OCOc2cc(N=Cc3cc(Br)ccc3O)cc(OC)c2OC)c1. The maximum absolute atomic E-state index is 10.1. The normalized spacial score (nSPS) is 11.0. The molecule has 0 aliphatic rings. The predicted octanol–water partition coefficient (Wildman–Crippen LogP) is 7.83. The van der Waals surface area contributed by atoms with E-state index in [0.717, 1.165) is 25.8 Å². The summed E-state index contributed by atoms with van der Waals surface area (Å²) in [6, 6.07) is 21.4. The van der Waals surface area contributed by atoms with Gasteiger partial charge >= 0.3 is 0 Å². The molecule has 0 radical (unpaired) electrons. The van der Waals surface area contributed by atoms with Crippen LogP contribution in [0.3, 0.4) is 0 Å². The van der Waals surface area contributed by atoms with Gasteiger partial charge in [0.25, 0.3) is 0 Å². The predicted molar refractivity (Wildman–Crippen MR) is 165 cm³/mol. The molecule has 1 N–H and O–H groups in total. The Kier molecular flexibility index (Phi) is 9.84. The van der Waals surface area contributed by atoms with Gasteiger partial charge in [-0.15, -0.1) is 6.42 Å². The van der Waals surface area contributed by atoms with Crippen molar-refractivity contribution < 1.29 is 24.1 Å². The number of hydrogen-bond donors (Lipinski definition) is 1. The molecule has 0 fully saturated rings. The smallest absolute Gasteiger partial charge is 0.231 e. The number of halogens is 2. The second-order valence-electron chi connectivity index (χ2n) is 8.18. The minimum absolute atomic E-state index is 0.106. The maximum Gasteiger partial charge on any atom is 0.231 e. The number of nitrogens with zero attached hydrogens (tertiary/aromatic N) is 2. The molecule has 40 heavy (non-hydrogen) atoms. The summed E-state index contributed by atoms with van der Waals surface area (Å²) in [4.78, 5) is 9.02. The first-order valence-corrected chi connectivity index (χ1v) is 13.4. The standard InChI is InChI=1S/C31H24Br2N2O5/c1-4-20-6-5-7-25(12-20)34-18-22-14-24(33)9-11-28(22)39-19-40-30-16-26(15-29(37-2)31(30)38-3)35-17-21-13-23(32)8-10-27(21)36/h1,5-18,36H,19H2,2-3H3. The summed E-state index contributed by atoms with van der Waals surface area (Å²) in [5, 5.41) is 10.1. The number of rotatable bonds is 10. The maximum atomic E-state index is 10.1. The summed E-state index contributed by atoms with van der Waals surface area (Å²) in [6.07, 6.45) is 8.75. The summed E-state index contributed by atoms with van der Waals surface area (Å²) in [5.41, 5.74) is 3.28. The Morgan fingerprint density at radius 3 is 2.20 bits per heavy atom. The number of aromatic hydroxyl groups is 1. The van der Waals surface area contributed by atoms with Crippen LogP contribution in [-0.2, 0) is 0 Å². The summed E-state index contributed by atoms with van der Waals surface area (Å²) < 4.78 is 24.6. The number of phenols is 1. The number of hydrogen-bond acceptors (Lipinski definition) is 7. The highest BCUT2D eigenvalue weighted by Crippen LogP contribution is 2.41. The zero-order valence-corrected chi connectivity index (χ0v) is 24.8. The van der Waals surface area contributed by atoms with Crippen LogP contribution in [0.5, 0.6) is 28.7 Å². The van der Waals surface area contributed by atoms with Crippen LogP contribution in [0, 0.1) is 12.3 Å². The van der Waals surface area contributed by atoms with Gasteiger partial charge in [0.1, 0.15) is 11.5 Å². The lowest BCUT2D eigenvalue weighted by Crippen LogP contribution is -2.08. The van der Waals surface area contributed by atoms with E-state index in [-0.39, 0.29) is 12.5 Å². The van der Waals surface area contributed by atoms with Crippen LogP contribution in [0.4, 0.5) is 11.4 Å². The summed E-state index contributed by atoms with van der Waals surface area (Å²) in [7, 11) is 3.05. The fourth-order valence-electron chi connectivity index (χ4n) is 3.60. The molecule has 0 aromatic heterocycles. The molecule has 4 aromatic carbocycles. The molecule has 0 saturated heterocycles. The highest BCUT2D eigenvalue weighted by atomic mass is 79.9. The third kappa shape index (κ3) is 7.44. The molecule has 4 aromatic rings. The Morgan fingerprint density at radius 1 is 0.775 bits per heavy atom. The van der Waals surface area contributed by atoms with E-state index >= 15 is 0 Å². The molecular formula is C31H24Br2N2O5. The van der Waals surface area contributed by atoms with E-state index in [1.54, 1.807) is 42.8 Å². The van der Waals surface area contributed by atoms with E-state index in [9.17, 15) is 5.11 Å². The molecule has 9 heteroatoms. The van der Waals surface area contributed by atoms with Crippen molar-refractivity contribution >= 4 is 55.7 Å². The number of phenolic OH excluding ortho intramolecular Hbond substituents is 1. The van der Waals surface area contributed by atoms with Crippen molar-refractivity contribution in [2.45, 2.75) is 0 Å². The summed E-state index contributed by atoms with van der Waals surface area (Å²) >= 11 is 6.89. The minimum atomic E-state index is -0.131. The number of ether oxygens (including phenoxy) is 4. The minimum Gasteiger partial charge on any atom is -0.507 e. The second-order valence-corrected chi connectivity index (χ2v) is 10.0. The quantitative estimate of drug-likeness (QED) is 0.106. The largest absolute Gasteiger partial charge is 0.507 e. The molecule has 0 spiro atoms. The van der Waals surface area contributed by atoms with E-state index in [0.29, 0.717) is 34.2 Å². The van der Waals surface area contributed by atoms with Gasteiger partial charge in [0.05, 0.1) is 25.6 Å². The highest BCUT2D eigenvalue weighted by Gasteiger charge is 2.15. The molecule has 0 aliphatic carbocycles. The lowest BCUT2D eigenvalue weighted by atomic mass is 10.2. The fraction of sp³-hybridized carbons (Fsp3) is 0.0968. The van der Waals surface area contributed by atoms with Gasteiger partial charge in [0.2, 0.25) is 12.5 Å². The third-order valence-corrected chi connectivity index (χ3v) is 6.52. The first-order chi connectivity index (χ1) is 19.4. The average molecular weight is 664 g/mol. The van der Waals surface area contributed by atoms with Crippen molar-refractivity contribution in [2.75, 3.05) is 21.0 Å². The van der Waals surface area contributed by atoms with Crippen molar-refractivity contribution in [1.29, 1.82) is 0 Å². The molecule has 0 unspecified atom stereocenters. The topological polar surface area (TPSA) is 81.9 Å². The Bertz CT molecular complexity index is 1610. The number of aliphatic imine (C=N–C) groups is 2. The zero-order valence-electron chi connectivity index (χ0n) is 21.6. The van der Waals surface area contributed by atoms with Crippen LogP contribution in [0.1, 0.15) is 16.7 Å². The van der Waals surface area contributed by atoms with Gasteiger partial charge in [0, 0.05) is 50.2 Å². The Morgan fingerprint density at radius 2 is 1.45 bits per heavy atom. The Hall–Kier alpha value is -4.26. The van der Waals surface area contributed by atoms with Crippen LogP contribution in [0.15, 0.2) is 91.7 Å². The lowest BCUT2D eigenvalue weighted by molar-refractivity contribution is 0.115. The average Bonchev–Trinajstić information content (AvgIpc) is 2.97. The van der Waals surface area contributed by atoms with Gasteiger partial charge < -0.3 is 24.1 Å². The molecule has 4 rings (SSSR count). The Balaban J connectivity index is 1.54. The molecular weight excluding hydrogens is 640 g/mol. The number of terminal acetylenes is 1. The monoisotopic (exact) mass is 662 g/mol. The van der Waals surface area contributed by atoms with E-state index in [1.165, 1.54) is 14.2 Å². The van der Waals surface area contributed by atoms with Crippen molar-refractivity contribution in [1.82, 2.24) is 0 Å². The van der Waals surface area contributed by atoms with Gasteiger partial charge in [0.15, 0.2) is 11.5 Å². The van der Waals surface area contributed by atoms with E-state index in [2.05, 4.69) is 47.8 Å². The second kappa shape index (κ2) is 13.7. The molecule has 202 valence electrons. The summed E-state index contributed by atoms with van der Waals surface area (Å²) in [5.74, 6) is 4.46. The molecule has 7 nitrogen and oxygen atoms in total. The number of benzene rings is 4. The molecule has 0 heterocycles. The van der Waals surface area contributed by atoms with Crippen molar-refractivity contribution in [2.24, 2.45) is 9.98 Å². The zero-order chi connectivity index (χ0) is 28.5. The van der Waals surface area contributed by atoms with Gasteiger partial charge in [-0.2, -0.15) is 0 Å². The van der Waals surface area contributed by atoms with Crippen LogP contribution in [0.25, 0.3) is 0 Å². The fourth-order valence-corrected chi connectivity index (χ4v) is 4.36. The van der Waals surface area contributed by atoms with Gasteiger partial charge in [-0.3, -0.25) is 9.98 Å². The van der Waals surface area contributed by atoms with E-state index < -0.39 is 0 Å². The lowest BCUT2D eigenvalue weighted by Gasteiger charge is -2.16. The van der Waals surface area contributed by atoms with Crippen molar-refractivity contribution in [3.8, 4) is 41.1 Å². The molecule has 0 saturated carbocycles. The van der Waals surface area contributed by atoms with E-state index in [4.69, 9.17) is 25.4 Å². The first-order valence-electron chi connectivity index (χ1n) is 11.8. The van der Waals surface area contributed by atoms with E-state index in [1.807, 2.05) is 42.5 Å². The Labute approximate surface area is 249 Å². The van der Waals surface area contributed by atoms with Gasteiger partial charge in [-0.05, 0) is 54.6 Å². The van der Waals surface area contributed by atoms with Crippen LogP contribution in [-0.4, -0.2) is 38.5 Å². The third-order valence-electron chi connectivity index (χ3n) is 5.54. The number of methoxy groups -OCH3 is 2. The van der Waals surface area contributed by atoms with Crippen molar-refractivity contribution in [3.63, 3.8) is 0 Å².